The normalized spacial score (nSPS) is 43.9. The van der Waals surface area contributed by atoms with E-state index in [4.69, 9.17) is 24.1 Å². The number of aliphatic hydroxyl groups is 7. The second-order valence-electron chi connectivity index (χ2n) is 6.88. The molecule has 0 saturated carbocycles. The lowest BCUT2D eigenvalue weighted by atomic mass is 9.99. The lowest BCUT2D eigenvalue weighted by Crippen LogP contribution is -2.59. The van der Waals surface area contributed by atoms with E-state index in [1.807, 2.05) is 0 Å². The minimum Gasteiger partial charge on any atom is -0.460 e. The van der Waals surface area contributed by atoms with E-state index in [1.165, 1.54) is 0 Å². The van der Waals surface area contributed by atoms with Crippen molar-refractivity contribution in [2.24, 2.45) is 0 Å². The Bertz CT molecular complexity index is 516. The van der Waals surface area contributed by atoms with E-state index in [2.05, 4.69) is 0 Å². The summed E-state index contributed by atoms with van der Waals surface area (Å²) < 4.78 is 20.4. The zero-order valence-corrected chi connectivity index (χ0v) is 15.3. The van der Waals surface area contributed by atoms with Crippen LogP contribution in [-0.2, 0) is 23.7 Å². The molecular weight excluding hydrogens is 384 g/mol. The zero-order chi connectivity index (χ0) is 21.1. The average molecular weight is 412 g/mol. The van der Waals surface area contributed by atoms with Crippen LogP contribution in [0, 0.1) is 0 Å². The van der Waals surface area contributed by atoms with Gasteiger partial charge in [0, 0.05) is 6.42 Å². The van der Waals surface area contributed by atoms with Gasteiger partial charge in [0.2, 0.25) is 5.79 Å². The molecule has 0 aromatic carbocycles. The van der Waals surface area contributed by atoms with Crippen LogP contribution < -0.4 is 0 Å². The predicted molar refractivity (Wildman–Crippen MR) is 87.4 cm³/mol. The van der Waals surface area contributed by atoms with Crippen molar-refractivity contribution in [2.45, 2.75) is 74.6 Å². The van der Waals surface area contributed by atoms with Crippen LogP contribution in [0.3, 0.4) is 0 Å². The molecule has 0 aromatic rings. The molecule has 7 N–H and O–H groups in total. The Kier molecular flexibility index (Phi) is 8.10. The van der Waals surface area contributed by atoms with Crippen molar-refractivity contribution in [2.75, 3.05) is 19.8 Å². The standard InChI is InChI=1S/C16H28O12/c1-2-3-9(18)26-6-16(24)14(23)11(20)8(28-16)5-25-15-13(22)12(21)10(19)7(4-17)27-15/h7-8,10-15,17,19-24H,2-6H2,1H3/t7-,8-,10-,11-,12+,13-,14+,15+,16?/m1/s1. The molecule has 2 heterocycles. The van der Waals surface area contributed by atoms with Crippen molar-refractivity contribution < 1.29 is 59.5 Å². The summed E-state index contributed by atoms with van der Waals surface area (Å²) in [5.74, 6) is -2.96. The number of hydrogen-bond donors (Lipinski definition) is 7. The SMILES string of the molecule is CCCC(=O)OCC1(O)O[C@H](CO[C@H]2O[C@H](CO)[C@@H](O)[C@H](O)[C@H]2O)[C@@H](O)[C@@H]1O. The van der Waals surface area contributed by atoms with Gasteiger partial charge in [0.05, 0.1) is 13.2 Å². The zero-order valence-electron chi connectivity index (χ0n) is 15.3. The number of esters is 1. The topological polar surface area (TPSA) is 196 Å². The fourth-order valence-corrected chi connectivity index (χ4v) is 2.98. The van der Waals surface area contributed by atoms with Crippen molar-refractivity contribution in [1.29, 1.82) is 0 Å². The molecule has 2 rings (SSSR count). The van der Waals surface area contributed by atoms with Crippen molar-refractivity contribution in [3.63, 3.8) is 0 Å². The Hall–Kier alpha value is -0.930. The Morgan fingerprint density at radius 1 is 1.04 bits per heavy atom. The molecule has 2 aliphatic rings. The number of carbonyl (C=O) groups is 1. The first-order valence-corrected chi connectivity index (χ1v) is 8.98. The molecular formula is C16H28O12. The maximum Gasteiger partial charge on any atom is 0.305 e. The van der Waals surface area contributed by atoms with Gasteiger partial charge in [0.25, 0.3) is 0 Å². The van der Waals surface area contributed by atoms with Gasteiger partial charge in [-0.2, -0.15) is 0 Å². The summed E-state index contributed by atoms with van der Waals surface area (Å²) in [6.45, 7) is -0.0885. The number of carbonyl (C=O) groups excluding carboxylic acids is 1. The first-order valence-electron chi connectivity index (χ1n) is 8.98. The van der Waals surface area contributed by atoms with Crippen molar-refractivity contribution >= 4 is 5.97 Å². The largest absolute Gasteiger partial charge is 0.460 e. The summed E-state index contributed by atoms with van der Waals surface area (Å²) in [5, 5.41) is 68.9. The summed E-state index contributed by atoms with van der Waals surface area (Å²) in [5.41, 5.74) is 0. The van der Waals surface area contributed by atoms with Crippen molar-refractivity contribution in [3.05, 3.63) is 0 Å². The minimum atomic E-state index is -2.35. The fraction of sp³-hybridized carbons (Fsp3) is 0.938. The third-order valence-electron chi connectivity index (χ3n) is 4.69. The third kappa shape index (κ3) is 4.97. The third-order valence-corrected chi connectivity index (χ3v) is 4.69. The molecule has 2 aliphatic heterocycles. The quantitative estimate of drug-likeness (QED) is 0.191. The van der Waals surface area contributed by atoms with Gasteiger partial charge in [-0.25, -0.2) is 0 Å². The lowest BCUT2D eigenvalue weighted by Gasteiger charge is -2.39. The molecule has 12 heteroatoms. The lowest BCUT2D eigenvalue weighted by molar-refractivity contribution is -0.310. The van der Waals surface area contributed by atoms with E-state index < -0.39 is 80.6 Å². The molecule has 0 amide bonds. The van der Waals surface area contributed by atoms with Gasteiger partial charge in [0.15, 0.2) is 6.29 Å². The number of hydrogen-bond acceptors (Lipinski definition) is 12. The van der Waals surface area contributed by atoms with E-state index in [1.54, 1.807) is 6.92 Å². The van der Waals surface area contributed by atoms with Crippen LogP contribution in [0.25, 0.3) is 0 Å². The molecule has 28 heavy (non-hydrogen) atoms. The Labute approximate surface area is 160 Å². The van der Waals surface area contributed by atoms with Gasteiger partial charge >= 0.3 is 5.97 Å². The number of rotatable bonds is 8. The minimum absolute atomic E-state index is 0.110. The fourth-order valence-electron chi connectivity index (χ4n) is 2.98. The molecule has 0 bridgehead atoms. The van der Waals surface area contributed by atoms with E-state index in [0.29, 0.717) is 6.42 Å². The molecule has 0 aromatic heterocycles. The number of ether oxygens (including phenoxy) is 4. The highest BCUT2D eigenvalue weighted by atomic mass is 16.7. The van der Waals surface area contributed by atoms with E-state index >= 15 is 0 Å². The second kappa shape index (κ2) is 9.71. The molecule has 2 saturated heterocycles. The van der Waals surface area contributed by atoms with Gasteiger partial charge < -0.3 is 54.7 Å². The molecule has 0 aliphatic carbocycles. The molecule has 1 unspecified atom stereocenters. The first kappa shape index (κ1) is 23.3. The first-order chi connectivity index (χ1) is 13.1. The van der Waals surface area contributed by atoms with Crippen LogP contribution >= 0.6 is 0 Å². The van der Waals surface area contributed by atoms with Crippen LogP contribution in [0.1, 0.15) is 19.8 Å². The van der Waals surface area contributed by atoms with Crippen LogP contribution in [0.15, 0.2) is 0 Å². The van der Waals surface area contributed by atoms with Gasteiger partial charge in [-0.05, 0) is 6.42 Å². The summed E-state index contributed by atoms with van der Waals surface area (Å²) >= 11 is 0. The van der Waals surface area contributed by atoms with E-state index in [-0.39, 0.29) is 6.42 Å². The number of aliphatic hydroxyl groups excluding tert-OH is 6. The Morgan fingerprint density at radius 2 is 1.71 bits per heavy atom. The Balaban J connectivity index is 1.92. The molecule has 164 valence electrons. The predicted octanol–water partition coefficient (Wildman–Crippen LogP) is -4.04. The second-order valence-corrected chi connectivity index (χ2v) is 6.88. The highest BCUT2D eigenvalue weighted by Gasteiger charge is 2.55. The summed E-state index contributed by atoms with van der Waals surface area (Å²) in [6.07, 6.45) is -11.6. The van der Waals surface area contributed by atoms with Gasteiger partial charge in [-0.1, -0.05) is 6.92 Å². The van der Waals surface area contributed by atoms with Gasteiger partial charge in [-0.15, -0.1) is 0 Å². The van der Waals surface area contributed by atoms with Crippen LogP contribution in [0.5, 0.6) is 0 Å². The highest BCUT2D eigenvalue weighted by molar-refractivity contribution is 5.69. The van der Waals surface area contributed by atoms with Crippen molar-refractivity contribution in [1.82, 2.24) is 0 Å². The van der Waals surface area contributed by atoms with E-state index in [0.717, 1.165) is 0 Å². The summed E-state index contributed by atoms with van der Waals surface area (Å²) in [6, 6.07) is 0. The summed E-state index contributed by atoms with van der Waals surface area (Å²) in [7, 11) is 0. The highest BCUT2D eigenvalue weighted by Crippen LogP contribution is 2.31. The molecule has 2 fully saturated rings. The monoisotopic (exact) mass is 412 g/mol. The molecule has 0 radical (unpaired) electrons. The van der Waals surface area contributed by atoms with E-state index in [9.17, 15) is 35.4 Å². The van der Waals surface area contributed by atoms with Crippen LogP contribution in [-0.4, -0.2) is 116 Å². The molecule has 0 spiro atoms. The Morgan fingerprint density at radius 3 is 2.32 bits per heavy atom. The van der Waals surface area contributed by atoms with Crippen LogP contribution in [0.4, 0.5) is 0 Å². The maximum absolute atomic E-state index is 11.4. The molecule has 9 atom stereocenters. The van der Waals surface area contributed by atoms with Gasteiger partial charge in [0.1, 0.15) is 49.3 Å². The summed E-state index contributed by atoms with van der Waals surface area (Å²) in [4.78, 5) is 11.4. The smallest absolute Gasteiger partial charge is 0.305 e. The van der Waals surface area contributed by atoms with Crippen molar-refractivity contribution in [3.8, 4) is 0 Å². The maximum atomic E-state index is 11.4. The average Bonchev–Trinajstić information content (AvgIpc) is 2.88. The van der Waals surface area contributed by atoms with Crippen LogP contribution in [0.2, 0.25) is 0 Å². The van der Waals surface area contributed by atoms with Gasteiger partial charge in [-0.3, -0.25) is 4.79 Å². The molecule has 12 nitrogen and oxygen atoms in total.